The summed E-state index contributed by atoms with van der Waals surface area (Å²) in [6.07, 6.45) is 0. The monoisotopic (exact) mass is 390 g/mol. The van der Waals surface area contributed by atoms with Gasteiger partial charge < -0.3 is 15.3 Å². The number of aromatic hydroxyl groups is 3. The second-order valence-electron chi connectivity index (χ2n) is 4.61. The largest absolute Gasteiger partial charge is 0.508 e. The summed E-state index contributed by atoms with van der Waals surface area (Å²) < 4.78 is 62.9. The Morgan fingerprint density at radius 2 is 1.36 bits per heavy atom. The zero-order valence-electron chi connectivity index (χ0n) is 12.0. The van der Waals surface area contributed by atoms with E-state index in [0.717, 1.165) is 18.2 Å². The molecule has 0 saturated carbocycles. The highest BCUT2D eigenvalue weighted by molar-refractivity contribution is 7.86. The van der Waals surface area contributed by atoms with Crippen molar-refractivity contribution >= 4 is 31.6 Å². The van der Waals surface area contributed by atoms with Gasteiger partial charge in [0.05, 0.1) is 4.90 Å². The number of rotatable bonds is 4. The van der Waals surface area contributed by atoms with Crippen molar-refractivity contribution in [1.29, 1.82) is 0 Å². The Labute approximate surface area is 141 Å². The molecule has 0 atom stereocenters. The predicted octanol–water partition coefficient (Wildman–Crippen LogP) is 1.71. The van der Waals surface area contributed by atoms with Gasteiger partial charge >= 0.3 is 0 Å². The van der Waals surface area contributed by atoms with Crippen LogP contribution in [-0.4, -0.2) is 41.3 Å². The topological polar surface area (TPSA) is 194 Å². The number of phenols is 3. The van der Waals surface area contributed by atoms with Crippen molar-refractivity contribution in [2.24, 2.45) is 10.2 Å². The van der Waals surface area contributed by atoms with E-state index in [4.69, 9.17) is 14.2 Å². The molecule has 0 saturated heterocycles. The minimum absolute atomic E-state index is 0.206. The molecular weight excluding hydrogens is 380 g/mol. The third kappa shape index (κ3) is 4.21. The average Bonchev–Trinajstić information content (AvgIpc) is 2.45. The fraction of sp³-hybridized carbons (Fsp3) is 0. The standard InChI is InChI=1S/C12H10N2O9S2/c15-6-1-2-8(10(16)3-6)13-14-9-4-7(24(18,19)20)5-11(12(9)17)25(21,22)23/h1-5,15-17H,(H,18,19,20)(H,21,22,23)/b14-13+. The summed E-state index contributed by atoms with van der Waals surface area (Å²) in [5.41, 5.74) is -0.932. The van der Waals surface area contributed by atoms with Crippen LogP contribution in [0, 0.1) is 0 Å². The van der Waals surface area contributed by atoms with Gasteiger partial charge in [-0.1, -0.05) is 0 Å². The Kier molecular flexibility index (Phi) is 4.68. The van der Waals surface area contributed by atoms with Gasteiger partial charge in [-0.15, -0.1) is 10.2 Å². The molecule has 0 unspecified atom stereocenters. The maximum absolute atomic E-state index is 11.2. The highest BCUT2D eigenvalue weighted by Gasteiger charge is 2.24. The van der Waals surface area contributed by atoms with Gasteiger partial charge in [0.25, 0.3) is 20.2 Å². The highest BCUT2D eigenvalue weighted by atomic mass is 32.2. The van der Waals surface area contributed by atoms with Gasteiger partial charge in [0, 0.05) is 6.07 Å². The number of hydrogen-bond acceptors (Lipinski definition) is 9. The van der Waals surface area contributed by atoms with Crippen LogP contribution in [0.25, 0.3) is 0 Å². The quantitative estimate of drug-likeness (QED) is 0.381. The first kappa shape index (κ1) is 18.6. The van der Waals surface area contributed by atoms with Crippen LogP contribution in [0.4, 0.5) is 11.4 Å². The zero-order chi connectivity index (χ0) is 19.0. The summed E-state index contributed by atoms with van der Waals surface area (Å²) in [5.74, 6) is -1.91. The molecule has 2 aromatic rings. The molecule has 0 aliphatic rings. The van der Waals surface area contributed by atoms with Crippen molar-refractivity contribution in [2.75, 3.05) is 0 Å². The van der Waals surface area contributed by atoms with E-state index in [1.54, 1.807) is 0 Å². The van der Waals surface area contributed by atoms with Gasteiger partial charge in [-0.3, -0.25) is 9.11 Å². The molecule has 0 fully saturated rings. The lowest BCUT2D eigenvalue weighted by Crippen LogP contribution is -2.03. The highest BCUT2D eigenvalue weighted by Crippen LogP contribution is 2.38. The van der Waals surface area contributed by atoms with Crippen molar-refractivity contribution in [3.63, 3.8) is 0 Å². The van der Waals surface area contributed by atoms with Crippen LogP contribution in [0.1, 0.15) is 0 Å². The fourth-order valence-corrected chi connectivity index (χ4v) is 2.92. The van der Waals surface area contributed by atoms with Crippen LogP contribution in [0.15, 0.2) is 50.4 Å². The van der Waals surface area contributed by atoms with E-state index in [1.165, 1.54) is 0 Å². The molecular formula is C12H10N2O9S2. The lowest BCUT2D eigenvalue weighted by molar-refractivity contribution is 0.441. The van der Waals surface area contributed by atoms with E-state index >= 15 is 0 Å². The number of benzene rings is 2. The second-order valence-corrected chi connectivity index (χ2v) is 7.42. The van der Waals surface area contributed by atoms with E-state index in [0.29, 0.717) is 12.1 Å². The van der Waals surface area contributed by atoms with Crippen LogP contribution >= 0.6 is 0 Å². The minimum atomic E-state index is -5.05. The molecule has 0 radical (unpaired) electrons. The normalized spacial score (nSPS) is 12.6. The zero-order valence-corrected chi connectivity index (χ0v) is 13.6. The average molecular weight is 390 g/mol. The summed E-state index contributed by atoms with van der Waals surface area (Å²) in [4.78, 5) is -2.19. The lowest BCUT2D eigenvalue weighted by atomic mass is 10.3. The van der Waals surface area contributed by atoms with Gasteiger partial charge in [-0.2, -0.15) is 16.8 Å². The van der Waals surface area contributed by atoms with Crippen LogP contribution < -0.4 is 0 Å². The maximum Gasteiger partial charge on any atom is 0.298 e. The van der Waals surface area contributed by atoms with Crippen molar-refractivity contribution in [2.45, 2.75) is 9.79 Å². The summed E-state index contributed by atoms with van der Waals surface area (Å²) in [6, 6.07) is 4.12. The van der Waals surface area contributed by atoms with Crippen LogP contribution in [0.3, 0.4) is 0 Å². The molecule has 13 heteroatoms. The molecule has 0 bridgehead atoms. The summed E-state index contributed by atoms with van der Waals surface area (Å²) in [6.45, 7) is 0. The van der Waals surface area contributed by atoms with Crippen molar-refractivity contribution in [1.82, 2.24) is 0 Å². The first-order valence-corrected chi connectivity index (χ1v) is 9.03. The molecule has 2 aromatic carbocycles. The van der Waals surface area contributed by atoms with Gasteiger partial charge in [0.15, 0.2) is 5.75 Å². The first-order valence-electron chi connectivity index (χ1n) is 6.15. The Morgan fingerprint density at radius 1 is 0.760 bits per heavy atom. The van der Waals surface area contributed by atoms with Crippen LogP contribution in [0.2, 0.25) is 0 Å². The second kappa shape index (κ2) is 6.29. The van der Waals surface area contributed by atoms with E-state index in [1.807, 2.05) is 0 Å². The minimum Gasteiger partial charge on any atom is -0.508 e. The van der Waals surface area contributed by atoms with Crippen LogP contribution in [0.5, 0.6) is 17.2 Å². The first-order chi connectivity index (χ1) is 11.4. The molecule has 0 aliphatic carbocycles. The third-order valence-corrected chi connectivity index (χ3v) is 4.53. The molecule has 0 aromatic heterocycles. The molecule has 0 spiro atoms. The summed E-state index contributed by atoms with van der Waals surface area (Å²) in [5, 5.41) is 35.4. The van der Waals surface area contributed by atoms with Gasteiger partial charge in [0.1, 0.15) is 27.8 Å². The van der Waals surface area contributed by atoms with E-state index in [-0.39, 0.29) is 11.4 Å². The Balaban J connectivity index is 2.66. The Hall–Kier alpha value is -2.74. The Morgan fingerprint density at radius 3 is 1.88 bits per heavy atom. The number of azo groups is 1. The smallest absolute Gasteiger partial charge is 0.298 e. The van der Waals surface area contributed by atoms with Crippen molar-refractivity contribution in [3.05, 3.63) is 30.3 Å². The lowest BCUT2D eigenvalue weighted by Gasteiger charge is -2.06. The van der Waals surface area contributed by atoms with Crippen molar-refractivity contribution < 1.29 is 41.3 Å². The SMILES string of the molecule is O=S(=O)(O)c1cc(/N=N/c2ccc(O)cc2O)c(O)c(S(=O)(=O)O)c1. The molecule has 2 rings (SSSR count). The van der Waals surface area contributed by atoms with E-state index < -0.39 is 47.2 Å². The molecule has 0 aliphatic heterocycles. The molecule has 5 N–H and O–H groups in total. The molecule has 134 valence electrons. The van der Waals surface area contributed by atoms with Crippen molar-refractivity contribution in [3.8, 4) is 17.2 Å². The fourth-order valence-electron chi connectivity index (χ4n) is 1.69. The molecule has 25 heavy (non-hydrogen) atoms. The van der Waals surface area contributed by atoms with E-state index in [9.17, 15) is 27.0 Å². The molecule has 0 amide bonds. The molecule has 11 nitrogen and oxygen atoms in total. The summed E-state index contributed by atoms with van der Waals surface area (Å²) in [7, 11) is -9.94. The number of phenolic OH excluding ortho intramolecular Hbond substituents is 3. The summed E-state index contributed by atoms with van der Waals surface area (Å²) >= 11 is 0. The van der Waals surface area contributed by atoms with Crippen LogP contribution in [-0.2, 0) is 20.2 Å². The van der Waals surface area contributed by atoms with Gasteiger partial charge in [-0.05, 0) is 24.3 Å². The third-order valence-electron chi connectivity index (χ3n) is 2.83. The van der Waals surface area contributed by atoms with Gasteiger partial charge in [0.2, 0.25) is 0 Å². The van der Waals surface area contributed by atoms with E-state index in [2.05, 4.69) is 10.2 Å². The Bertz CT molecular complexity index is 1080. The van der Waals surface area contributed by atoms with Gasteiger partial charge in [-0.25, -0.2) is 0 Å². The molecule has 0 heterocycles. The predicted molar refractivity (Wildman–Crippen MR) is 81.7 cm³/mol. The maximum atomic E-state index is 11.2. The number of nitrogens with zero attached hydrogens (tertiary/aromatic N) is 2. The number of hydrogen-bond donors (Lipinski definition) is 5.